The molecule has 0 aliphatic carbocycles. The van der Waals surface area contributed by atoms with E-state index in [2.05, 4.69) is 0 Å². The maximum Gasteiger partial charge on any atom is 0.252 e. The van der Waals surface area contributed by atoms with E-state index in [1.165, 1.54) is 24.3 Å². The average Bonchev–Trinajstić information content (AvgIpc) is 2.09. The summed E-state index contributed by atoms with van der Waals surface area (Å²) >= 11 is 0. The van der Waals surface area contributed by atoms with E-state index in [1.54, 1.807) is 0 Å². The number of alkyl halides is 2. The van der Waals surface area contributed by atoms with Crippen molar-refractivity contribution in [2.75, 3.05) is 0 Å². The molecular formula is C9H8F2O2. The zero-order valence-electron chi connectivity index (χ0n) is 6.65. The van der Waals surface area contributed by atoms with Gasteiger partial charge in [0.05, 0.1) is 0 Å². The molecule has 2 nitrogen and oxygen atoms in total. The fraction of sp³-hybridized carbons (Fsp3) is 0.222. The Labute approximate surface area is 73.8 Å². The number of hydrogen-bond acceptors (Lipinski definition) is 2. The van der Waals surface area contributed by atoms with Crippen LogP contribution in [0, 0.1) is 0 Å². The van der Waals surface area contributed by atoms with Crippen LogP contribution in [0.15, 0.2) is 24.3 Å². The van der Waals surface area contributed by atoms with Crippen molar-refractivity contribution in [3.63, 3.8) is 0 Å². The summed E-state index contributed by atoms with van der Waals surface area (Å²) in [6, 6.07) is 5.58. The summed E-state index contributed by atoms with van der Waals surface area (Å²) in [5.41, 5.74) is -0.0347. The Balaban J connectivity index is 3.04. The minimum atomic E-state index is -2.79. The lowest BCUT2D eigenvalue weighted by Gasteiger charge is -2.10. The molecular weight excluding hydrogens is 178 g/mol. The zero-order chi connectivity index (χ0) is 9.84. The van der Waals surface area contributed by atoms with Crippen LogP contribution in [-0.2, 0) is 4.79 Å². The maximum absolute atomic E-state index is 12.2. The van der Waals surface area contributed by atoms with Crippen molar-refractivity contribution in [2.45, 2.75) is 12.3 Å². The van der Waals surface area contributed by atoms with Gasteiger partial charge in [0.15, 0.2) is 0 Å². The van der Waals surface area contributed by atoms with Crippen molar-refractivity contribution in [1.29, 1.82) is 0 Å². The minimum absolute atomic E-state index is 0.0347. The number of carbonyl (C=O) groups is 1. The topological polar surface area (TPSA) is 37.3 Å². The van der Waals surface area contributed by atoms with Gasteiger partial charge < -0.3 is 9.90 Å². The van der Waals surface area contributed by atoms with Gasteiger partial charge >= 0.3 is 0 Å². The third kappa shape index (κ3) is 2.02. The molecule has 1 atom stereocenters. The molecule has 0 aliphatic heterocycles. The maximum atomic E-state index is 12.2. The molecule has 0 saturated carbocycles. The molecule has 13 heavy (non-hydrogen) atoms. The number of halogens is 2. The van der Waals surface area contributed by atoms with Crippen LogP contribution < -0.4 is 0 Å². The molecule has 0 aromatic heterocycles. The molecule has 1 aromatic rings. The van der Waals surface area contributed by atoms with Gasteiger partial charge in [0.25, 0.3) is 6.43 Å². The monoisotopic (exact) mass is 186 g/mol. The summed E-state index contributed by atoms with van der Waals surface area (Å²) in [7, 11) is 0. The summed E-state index contributed by atoms with van der Waals surface area (Å²) in [5, 5.41) is 9.17. The SMILES string of the molecule is O=CC(c1ccccc1O)C(F)F. The zero-order valence-corrected chi connectivity index (χ0v) is 6.65. The van der Waals surface area contributed by atoms with Gasteiger partial charge in [0, 0.05) is 5.56 Å². The van der Waals surface area contributed by atoms with Crippen molar-refractivity contribution in [3.8, 4) is 5.75 Å². The number of aromatic hydroxyl groups is 1. The van der Waals surface area contributed by atoms with Gasteiger partial charge in [0.2, 0.25) is 0 Å². The summed E-state index contributed by atoms with van der Waals surface area (Å²) < 4.78 is 24.4. The number of benzene rings is 1. The van der Waals surface area contributed by atoms with Crippen molar-refractivity contribution < 1.29 is 18.7 Å². The van der Waals surface area contributed by atoms with E-state index in [9.17, 15) is 13.6 Å². The highest BCUT2D eigenvalue weighted by molar-refractivity contribution is 5.64. The molecule has 0 saturated heterocycles. The first kappa shape index (κ1) is 9.64. The van der Waals surface area contributed by atoms with Crippen molar-refractivity contribution >= 4 is 6.29 Å². The molecule has 4 heteroatoms. The van der Waals surface area contributed by atoms with Crippen molar-refractivity contribution in [3.05, 3.63) is 29.8 Å². The Morgan fingerprint density at radius 2 is 1.92 bits per heavy atom. The van der Waals surface area contributed by atoms with Crippen LogP contribution in [0.25, 0.3) is 0 Å². The average molecular weight is 186 g/mol. The Morgan fingerprint density at radius 1 is 1.31 bits per heavy atom. The number of rotatable bonds is 3. The van der Waals surface area contributed by atoms with Crippen LogP contribution >= 0.6 is 0 Å². The normalized spacial score (nSPS) is 12.8. The second-order valence-corrected chi connectivity index (χ2v) is 2.56. The molecule has 0 aliphatic rings. The van der Waals surface area contributed by atoms with E-state index in [4.69, 9.17) is 5.11 Å². The van der Waals surface area contributed by atoms with E-state index >= 15 is 0 Å². The van der Waals surface area contributed by atoms with Gasteiger partial charge in [-0.1, -0.05) is 18.2 Å². The van der Waals surface area contributed by atoms with Gasteiger partial charge in [-0.15, -0.1) is 0 Å². The van der Waals surface area contributed by atoms with Crippen molar-refractivity contribution in [1.82, 2.24) is 0 Å². The first-order valence-corrected chi connectivity index (χ1v) is 3.68. The highest BCUT2D eigenvalue weighted by Gasteiger charge is 2.23. The number of phenols is 1. The molecule has 0 fully saturated rings. The second kappa shape index (κ2) is 3.98. The highest BCUT2D eigenvalue weighted by atomic mass is 19.3. The standard InChI is InChI=1S/C9H8F2O2/c10-9(11)7(5-12)6-3-1-2-4-8(6)13/h1-5,7,9,13H. The molecule has 0 amide bonds. The largest absolute Gasteiger partial charge is 0.508 e. The van der Waals surface area contributed by atoms with Crippen LogP contribution in [0.4, 0.5) is 8.78 Å². The van der Waals surface area contributed by atoms with Crippen molar-refractivity contribution in [2.24, 2.45) is 0 Å². The molecule has 0 bridgehead atoms. The summed E-state index contributed by atoms with van der Waals surface area (Å²) in [6.45, 7) is 0. The molecule has 1 aromatic carbocycles. The van der Waals surface area contributed by atoms with Crippen LogP contribution in [0.3, 0.4) is 0 Å². The first-order chi connectivity index (χ1) is 6.16. The van der Waals surface area contributed by atoms with E-state index in [-0.39, 0.29) is 17.6 Å². The number of para-hydroxylation sites is 1. The highest BCUT2D eigenvalue weighted by Crippen LogP contribution is 2.28. The quantitative estimate of drug-likeness (QED) is 0.732. The van der Waals surface area contributed by atoms with Crippen LogP contribution in [0.1, 0.15) is 11.5 Å². The molecule has 0 spiro atoms. The Bertz CT molecular complexity index is 299. The predicted octanol–water partition coefficient (Wildman–Crippen LogP) is 1.94. The van der Waals surface area contributed by atoms with Gasteiger partial charge in [0.1, 0.15) is 18.0 Å². The number of hydrogen-bond donors (Lipinski definition) is 1. The van der Waals surface area contributed by atoms with Gasteiger partial charge in [-0.3, -0.25) is 0 Å². The molecule has 70 valence electrons. The van der Waals surface area contributed by atoms with E-state index in [0.717, 1.165) is 0 Å². The third-order valence-electron chi connectivity index (χ3n) is 1.71. The number of phenolic OH excluding ortho intramolecular Hbond substituents is 1. The van der Waals surface area contributed by atoms with Gasteiger partial charge in [-0.2, -0.15) is 0 Å². The molecule has 1 N–H and O–H groups in total. The number of carbonyl (C=O) groups excluding carboxylic acids is 1. The van der Waals surface area contributed by atoms with E-state index in [1.807, 2.05) is 0 Å². The minimum Gasteiger partial charge on any atom is -0.508 e. The molecule has 0 heterocycles. The van der Waals surface area contributed by atoms with E-state index in [0.29, 0.717) is 0 Å². The lowest BCUT2D eigenvalue weighted by Crippen LogP contribution is -2.10. The van der Waals surface area contributed by atoms with Crippen LogP contribution in [0.2, 0.25) is 0 Å². The fourth-order valence-corrected chi connectivity index (χ4v) is 1.04. The first-order valence-electron chi connectivity index (χ1n) is 3.68. The molecule has 1 unspecified atom stereocenters. The smallest absolute Gasteiger partial charge is 0.252 e. The van der Waals surface area contributed by atoms with E-state index < -0.39 is 12.3 Å². The van der Waals surface area contributed by atoms with Gasteiger partial charge in [-0.25, -0.2) is 8.78 Å². The molecule has 0 radical (unpaired) electrons. The van der Waals surface area contributed by atoms with Gasteiger partial charge in [-0.05, 0) is 6.07 Å². The van der Waals surface area contributed by atoms with Crippen LogP contribution in [0.5, 0.6) is 5.75 Å². The van der Waals surface area contributed by atoms with Crippen LogP contribution in [-0.4, -0.2) is 17.8 Å². The second-order valence-electron chi connectivity index (χ2n) is 2.56. The molecule has 1 rings (SSSR count). The Morgan fingerprint density at radius 3 is 2.38 bits per heavy atom. The lowest BCUT2D eigenvalue weighted by molar-refractivity contribution is -0.112. The Hall–Kier alpha value is -1.45. The summed E-state index contributed by atoms with van der Waals surface area (Å²) in [4.78, 5) is 10.3. The summed E-state index contributed by atoms with van der Waals surface area (Å²) in [6.07, 6.45) is -2.65. The Kier molecular flexibility index (Phi) is 2.95. The lowest BCUT2D eigenvalue weighted by atomic mass is 10.0. The number of aldehydes is 1. The fourth-order valence-electron chi connectivity index (χ4n) is 1.04. The summed E-state index contributed by atoms with van der Waals surface area (Å²) in [5.74, 6) is -1.82. The third-order valence-corrected chi connectivity index (χ3v) is 1.71. The predicted molar refractivity (Wildman–Crippen MR) is 42.9 cm³/mol.